The number of rotatable bonds is 4. The van der Waals surface area contributed by atoms with Crippen molar-refractivity contribution in [1.29, 1.82) is 0 Å². The molecule has 4 aromatic rings. The number of fused-ring (bicyclic) bond motifs is 1. The number of hydrogen-bond donors (Lipinski definition) is 3. The predicted octanol–water partition coefficient (Wildman–Crippen LogP) is 4.69. The van der Waals surface area contributed by atoms with Crippen LogP contribution >= 0.6 is 23.2 Å². The molecule has 0 amide bonds. The summed E-state index contributed by atoms with van der Waals surface area (Å²) in [5.74, 6) is 1.52. The Bertz CT molecular complexity index is 1150. The van der Waals surface area contributed by atoms with Gasteiger partial charge in [0.2, 0.25) is 0 Å². The van der Waals surface area contributed by atoms with Gasteiger partial charge in [-0.15, -0.1) is 0 Å². The number of halogens is 2. The van der Waals surface area contributed by atoms with Crippen LogP contribution in [-0.4, -0.2) is 30.0 Å². The summed E-state index contributed by atoms with van der Waals surface area (Å²) in [4.78, 5) is 20.4. The van der Waals surface area contributed by atoms with Gasteiger partial charge in [0.05, 0.1) is 21.2 Å². The first-order chi connectivity index (χ1) is 13.3. The van der Waals surface area contributed by atoms with E-state index < -0.39 is 5.60 Å². The number of pyridine rings is 1. The third kappa shape index (κ3) is 3.52. The van der Waals surface area contributed by atoms with Crippen molar-refractivity contribution in [2.45, 2.75) is 19.4 Å². The van der Waals surface area contributed by atoms with Crippen molar-refractivity contribution in [3.05, 3.63) is 58.5 Å². The third-order valence-corrected chi connectivity index (χ3v) is 4.83. The van der Waals surface area contributed by atoms with E-state index in [0.717, 1.165) is 5.56 Å². The van der Waals surface area contributed by atoms with Crippen LogP contribution in [0, 0.1) is 0 Å². The topological polar surface area (TPSA) is 99.6 Å². The molecular formula is C19H16Cl2N6O. The van der Waals surface area contributed by atoms with Crippen LogP contribution in [0.15, 0.2) is 42.9 Å². The summed E-state index contributed by atoms with van der Waals surface area (Å²) < 4.78 is 0. The zero-order valence-corrected chi connectivity index (χ0v) is 16.5. The number of H-pyrrole nitrogens is 1. The third-order valence-electron chi connectivity index (χ3n) is 4.20. The number of benzene rings is 1. The lowest BCUT2D eigenvalue weighted by molar-refractivity contribution is 0.0786. The minimum atomic E-state index is -0.984. The Kier molecular flexibility index (Phi) is 4.66. The first kappa shape index (κ1) is 18.6. The molecule has 0 aliphatic rings. The predicted molar refractivity (Wildman–Crippen MR) is 110 cm³/mol. The molecule has 0 saturated heterocycles. The standard InChI is InChI=1S/C19H16Cl2N6O/c1-19(2,28)10-6-7-22-13(8-10)25-17-15-18(24-9-23-17)27-16(26-15)14-11(20)4-3-5-12(14)21/h3-9,28H,1-2H3,(H2,22,23,24,25,26,27). The Balaban J connectivity index is 1.77. The summed E-state index contributed by atoms with van der Waals surface area (Å²) in [5, 5.41) is 14.3. The van der Waals surface area contributed by atoms with E-state index in [9.17, 15) is 5.11 Å². The molecule has 0 radical (unpaired) electrons. The quantitative estimate of drug-likeness (QED) is 0.447. The van der Waals surface area contributed by atoms with E-state index in [1.54, 1.807) is 50.4 Å². The van der Waals surface area contributed by atoms with Crippen molar-refractivity contribution in [3.63, 3.8) is 0 Å². The second-order valence-corrected chi connectivity index (χ2v) is 7.53. The highest BCUT2D eigenvalue weighted by atomic mass is 35.5. The Morgan fingerprint density at radius 3 is 2.54 bits per heavy atom. The Morgan fingerprint density at radius 1 is 1.07 bits per heavy atom. The summed E-state index contributed by atoms with van der Waals surface area (Å²) in [6.45, 7) is 3.42. The highest BCUT2D eigenvalue weighted by Gasteiger charge is 2.18. The van der Waals surface area contributed by atoms with E-state index in [4.69, 9.17) is 23.2 Å². The second-order valence-electron chi connectivity index (χ2n) is 6.72. The average Bonchev–Trinajstić information content (AvgIpc) is 3.06. The van der Waals surface area contributed by atoms with Gasteiger partial charge in [-0.1, -0.05) is 29.3 Å². The van der Waals surface area contributed by atoms with Crippen LogP contribution in [0.2, 0.25) is 10.0 Å². The summed E-state index contributed by atoms with van der Waals surface area (Å²) in [5.41, 5.74) is 1.38. The molecule has 0 spiro atoms. The molecular weight excluding hydrogens is 399 g/mol. The first-order valence-corrected chi connectivity index (χ1v) is 9.19. The molecule has 3 heterocycles. The smallest absolute Gasteiger partial charge is 0.183 e. The summed E-state index contributed by atoms with van der Waals surface area (Å²) in [6.07, 6.45) is 3.03. The van der Waals surface area contributed by atoms with Crippen molar-refractivity contribution >= 4 is 46.0 Å². The minimum Gasteiger partial charge on any atom is -0.386 e. The molecule has 0 bridgehead atoms. The summed E-state index contributed by atoms with van der Waals surface area (Å²) >= 11 is 12.6. The van der Waals surface area contributed by atoms with Crippen LogP contribution in [0.25, 0.3) is 22.6 Å². The van der Waals surface area contributed by atoms with E-state index in [0.29, 0.717) is 44.2 Å². The number of aliphatic hydroxyl groups is 1. The van der Waals surface area contributed by atoms with Crippen molar-refractivity contribution in [2.75, 3.05) is 5.32 Å². The number of nitrogens with zero attached hydrogens (tertiary/aromatic N) is 4. The number of aromatic nitrogens is 5. The molecule has 9 heteroatoms. The van der Waals surface area contributed by atoms with E-state index in [2.05, 4.69) is 30.2 Å². The molecule has 3 N–H and O–H groups in total. The molecule has 0 atom stereocenters. The van der Waals surface area contributed by atoms with Crippen molar-refractivity contribution in [3.8, 4) is 11.4 Å². The Hall–Kier alpha value is -2.74. The molecule has 7 nitrogen and oxygen atoms in total. The maximum atomic E-state index is 10.2. The second kappa shape index (κ2) is 7.01. The average molecular weight is 415 g/mol. The number of nitrogens with one attached hydrogen (secondary N) is 2. The Labute approximate surface area is 170 Å². The van der Waals surface area contributed by atoms with Gasteiger partial charge in [0.15, 0.2) is 11.5 Å². The van der Waals surface area contributed by atoms with Crippen LogP contribution < -0.4 is 5.32 Å². The number of aromatic amines is 1. The molecule has 0 aliphatic heterocycles. The van der Waals surface area contributed by atoms with Gasteiger partial charge in [0.1, 0.15) is 23.5 Å². The lowest BCUT2D eigenvalue weighted by atomic mass is 10.00. The highest BCUT2D eigenvalue weighted by molar-refractivity contribution is 6.39. The van der Waals surface area contributed by atoms with E-state index in [1.807, 2.05) is 0 Å². The SMILES string of the molecule is CC(C)(O)c1ccnc(Nc2ncnc3nc(-c4c(Cl)cccc4Cl)[nH]c23)c1. The maximum absolute atomic E-state index is 10.2. The molecule has 3 aromatic heterocycles. The molecule has 0 unspecified atom stereocenters. The van der Waals surface area contributed by atoms with Gasteiger partial charge in [-0.3, -0.25) is 0 Å². The van der Waals surface area contributed by atoms with E-state index >= 15 is 0 Å². The molecule has 0 aliphatic carbocycles. The van der Waals surface area contributed by atoms with Crippen molar-refractivity contribution in [1.82, 2.24) is 24.9 Å². The lowest BCUT2D eigenvalue weighted by Gasteiger charge is -2.18. The fourth-order valence-electron chi connectivity index (χ4n) is 2.77. The van der Waals surface area contributed by atoms with Gasteiger partial charge >= 0.3 is 0 Å². The summed E-state index contributed by atoms with van der Waals surface area (Å²) in [6, 6.07) is 8.77. The first-order valence-electron chi connectivity index (χ1n) is 8.44. The van der Waals surface area contributed by atoms with Crippen LogP contribution in [0.4, 0.5) is 11.6 Å². The van der Waals surface area contributed by atoms with Crippen LogP contribution in [0.1, 0.15) is 19.4 Å². The minimum absolute atomic E-state index is 0.460. The van der Waals surface area contributed by atoms with Crippen LogP contribution in [0.3, 0.4) is 0 Å². The number of imidazole rings is 1. The van der Waals surface area contributed by atoms with Gasteiger partial charge in [-0.25, -0.2) is 19.9 Å². The molecule has 142 valence electrons. The molecule has 28 heavy (non-hydrogen) atoms. The summed E-state index contributed by atoms with van der Waals surface area (Å²) in [7, 11) is 0. The lowest BCUT2D eigenvalue weighted by Crippen LogP contribution is -2.15. The van der Waals surface area contributed by atoms with Gasteiger partial charge in [-0.2, -0.15) is 0 Å². The zero-order chi connectivity index (χ0) is 19.9. The van der Waals surface area contributed by atoms with Crippen molar-refractivity contribution < 1.29 is 5.11 Å². The monoisotopic (exact) mass is 414 g/mol. The fourth-order valence-corrected chi connectivity index (χ4v) is 3.34. The van der Waals surface area contributed by atoms with E-state index in [1.165, 1.54) is 6.33 Å². The largest absolute Gasteiger partial charge is 0.386 e. The van der Waals surface area contributed by atoms with Crippen LogP contribution in [-0.2, 0) is 5.60 Å². The number of hydrogen-bond acceptors (Lipinski definition) is 6. The van der Waals surface area contributed by atoms with Gasteiger partial charge in [0, 0.05) is 6.20 Å². The molecule has 1 aromatic carbocycles. The molecule has 0 saturated carbocycles. The zero-order valence-electron chi connectivity index (χ0n) is 15.0. The van der Waals surface area contributed by atoms with Gasteiger partial charge in [-0.05, 0) is 43.7 Å². The van der Waals surface area contributed by atoms with Gasteiger partial charge in [0.25, 0.3) is 0 Å². The van der Waals surface area contributed by atoms with Crippen molar-refractivity contribution in [2.24, 2.45) is 0 Å². The highest BCUT2D eigenvalue weighted by Crippen LogP contribution is 2.34. The Morgan fingerprint density at radius 2 is 1.82 bits per heavy atom. The molecule has 0 fully saturated rings. The van der Waals surface area contributed by atoms with Crippen LogP contribution in [0.5, 0.6) is 0 Å². The maximum Gasteiger partial charge on any atom is 0.183 e. The van der Waals surface area contributed by atoms with Gasteiger partial charge < -0.3 is 15.4 Å². The normalized spacial score (nSPS) is 11.8. The molecule has 4 rings (SSSR count). The number of anilines is 2. The fraction of sp³-hybridized carbons (Fsp3) is 0.158. The van der Waals surface area contributed by atoms with E-state index in [-0.39, 0.29) is 0 Å².